The van der Waals surface area contributed by atoms with Crippen molar-refractivity contribution in [2.45, 2.75) is 13.0 Å². The summed E-state index contributed by atoms with van der Waals surface area (Å²) in [7, 11) is 0. The minimum atomic E-state index is -0.208. The van der Waals surface area contributed by atoms with Gasteiger partial charge >= 0.3 is 0 Å². The van der Waals surface area contributed by atoms with Crippen LogP contribution in [0, 0.1) is 11.3 Å². The Labute approximate surface area is 134 Å². The van der Waals surface area contributed by atoms with E-state index < -0.39 is 0 Å². The molecule has 22 heavy (non-hydrogen) atoms. The zero-order valence-electron chi connectivity index (χ0n) is 12.3. The topological polar surface area (TPSA) is 75.2 Å². The quantitative estimate of drug-likeness (QED) is 0.921. The second-order valence-corrected chi connectivity index (χ2v) is 5.86. The molecule has 3 rings (SSSR count). The van der Waals surface area contributed by atoms with Crippen LogP contribution in [0.25, 0.3) is 10.9 Å². The SMILES string of the molecule is CC(N)c1cc(Cl)cc2c(C#N)cc(N3CCOCC3)nc12. The predicted molar refractivity (Wildman–Crippen MR) is 87.1 cm³/mol. The van der Waals surface area contributed by atoms with Crippen molar-refractivity contribution in [2.24, 2.45) is 5.73 Å². The predicted octanol–water partition coefficient (Wildman–Crippen LogP) is 2.62. The fourth-order valence-corrected chi connectivity index (χ4v) is 2.92. The molecule has 1 aliphatic rings. The minimum absolute atomic E-state index is 0.208. The number of nitrogens with two attached hydrogens (primary N) is 1. The molecule has 1 atom stereocenters. The van der Waals surface area contributed by atoms with Gasteiger partial charge in [-0.2, -0.15) is 5.26 Å². The fraction of sp³-hybridized carbons (Fsp3) is 0.375. The van der Waals surface area contributed by atoms with Crippen LogP contribution in [-0.4, -0.2) is 31.3 Å². The highest BCUT2D eigenvalue weighted by atomic mass is 35.5. The van der Waals surface area contributed by atoms with E-state index in [1.807, 2.05) is 19.1 Å². The van der Waals surface area contributed by atoms with E-state index in [9.17, 15) is 5.26 Å². The van der Waals surface area contributed by atoms with E-state index in [-0.39, 0.29) is 6.04 Å². The molecule has 1 aromatic carbocycles. The van der Waals surface area contributed by atoms with E-state index in [4.69, 9.17) is 27.1 Å². The molecule has 1 saturated heterocycles. The monoisotopic (exact) mass is 316 g/mol. The lowest BCUT2D eigenvalue weighted by atomic mass is 10.0. The first kappa shape index (κ1) is 15.0. The Morgan fingerprint density at radius 3 is 2.73 bits per heavy atom. The number of fused-ring (bicyclic) bond motifs is 1. The van der Waals surface area contributed by atoms with Crippen LogP contribution in [0.3, 0.4) is 0 Å². The Hall–Kier alpha value is -1.87. The number of hydrogen-bond acceptors (Lipinski definition) is 5. The number of rotatable bonds is 2. The van der Waals surface area contributed by atoms with Gasteiger partial charge in [-0.05, 0) is 30.7 Å². The average Bonchev–Trinajstić information content (AvgIpc) is 2.53. The fourth-order valence-electron chi connectivity index (χ4n) is 2.70. The zero-order valence-corrected chi connectivity index (χ0v) is 13.1. The third kappa shape index (κ3) is 2.73. The summed E-state index contributed by atoms with van der Waals surface area (Å²) in [6, 6.07) is 7.45. The van der Waals surface area contributed by atoms with E-state index in [1.165, 1.54) is 0 Å². The van der Waals surface area contributed by atoms with Gasteiger partial charge in [0.2, 0.25) is 0 Å². The van der Waals surface area contributed by atoms with Gasteiger partial charge in [-0.3, -0.25) is 0 Å². The first-order chi connectivity index (χ1) is 10.6. The molecule has 2 heterocycles. The smallest absolute Gasteiger partial charge is 0.130 e. The van der Waals surface area contributed by atoms with E-state index in [1.54, 1.807) is 6.07 Å². The summed E-state index contributed by atoms with van der Waals surface area (Å²) >= 11 is 6.17. The number of benzene rings is 1. The molecule has 1 fully saturated rings. The minimum Gasteiger partial charge on any atom is -0.378 e. The molecular weight excluding hydrogens is 300 g/mol. The molecule has 1 unspecified atom stereocenters. The van der Waals surface area contributed by atoms with Crippen LogP contribution in [-0.2, 0) is 4.74 Å². The highest BCUT2D eigenvalue weighted by molar-refractivity contribution is 6.31. The highest BCUT2D eigenvalue weighted by Gasteiger charge is 2.18. The van der Waals surface area contributed by atoms with Gasteiger partial charge in [-0.15, -0.1) is 0 Å². The van der Waals surface area contributed by atoms with Crippen molar-refractivity contribution >= 4 is 28.3 Å². The molecule has 0 bridgehead atoms. The van der Waals surface area contributed by atoms with Crippen molar-refractivity contribution in [3.8, 4) is 6.07 Å². The lowest BCUT2D eigenvalue weighted by Gasteiger charge is -2.28. The maximum absolute atomic E-state index is 9.48. The Kier molecular flexibility index (Phi) is 4.16. The van der Waals surface area contributed by atoms with Crippen LogP contribution >= 0.6 is 11.6 Å². The number of ether oxygens (including phenoxy) is 1. The van der Waals surface area contributed by atoms with E-state index in [0.29, 0.717) is 23.8 Å². The van der Waals surface area contributed by atoms with Gasteiger partial charge in [0.25, 0.3) is 0 Å². The number of nitriles is 1. The number of anilines is 1. The van der Waals surface area contributed by atoms with Gasteiger partial charge < -0.3 is 15.4 Å². The van der Waals surface area contributed by atoms with Gasteiger partial charge in [-0.25, -0.2) is 4.98 Å². The Morgan fingerprint density at radius 1 is 1.36 bits per heavy atom. The van der Waals surface area contributed by atoms with Gasteiger partial charge in [0.05, 0.1) is 30.4 Å². The third-order valence-corrected chi connectivity index (χ3v) is 4.06. The molecule has 1 aliphatic heterocycles. The van der Waals surface area contributed by atoms with Crippen molar-refractivity contribution in [1.29, 1.82) is 5.26 Å². The van der Waals surface area contributed by atoms with Crippen molar-refractivity contribution in [2.75, 3.05) is 31.2 Å². The number of halogens is 1. The Balaban J connectivity index is 2.23. The van der Waals surface area contributed by atoms with Crippen molar-refractivity contribution in [3.63, 3.8) is 0 Å². The van der Waals surface area contributed by atoms with Crippen LogP contribution in [0.2, 0.25) is 5.02 Å². The first-order valence-electron chi connectivity index (χ1n) is 7.22. The van der Waals surface area contributed by atoms with Crippen LogP contribution in [0.1, 0.15) is 24.1 Å². The molecule has 0 amide bonds. The van der Waals surface area contributed by atoms with Crippen LogP contribution in [0.4, 0.5) is 5.82 Å². The molecule has 5 nitrogen and oxygen atoms in total. The molecule has 0 saturated carbocycles. The molecule has 6 heteroatoms. The van der Waals surface area contributed by atoms with E-state index in [2.05, 4.69) is 11.0 Å². The second kappa shape index (κ2) is 6.09. The zero-order chi connectivity index (χ0) is 15.7. The molecular formula is C16H17ClN4O. The van der Waals surface area contributed by atoms with Crippen molar-refractivity contribution in [1.82, 2.24) is 4.98 Å². The van der Waals surface area contributed by atoms with Gasteiger partial charge in [0.1, 0.15) is 5.82 Å². The lowest BCUT2D eigenvalue weighted by Crippen LogP contribution is -2.36. The number of nitrogens with zero attached hydrogens (tertiary/aromatic N) is 3. The number of pyridine rings is 1. The second-order valence-electron chi connectivity index (χ2n) is 5.42. The highest BCUT2D eigenvalue weighted by Crippen LogP contribution is 2.31. The molecule has 0 radical (unpaired) electrons. The van der Waals surface area contributed by atoms with Crippen LogP contribution < -0.4 is 10.6 Å². The third-order valence-electron chi connectivity index (χ3n) is 3.84. The van der Waals surface area contributed by atoms with Gasteiger partial charge in [-0.1, -0.05) is 11.6 Å². The first-order valence-corrected chi connectivity index (χ1v) is 7.60. The molecule has 1 aromatic heterocycles. The van der Waals surface area contributed by atoms with Crippen LogP contribution in [0.5, 0.6) is 0 Å². The Morgan fingerprint density at radius 2 is 2.09 bits per heavy atom. The summed E-state index contributed by atoms with van der Waals surface area (Å²) in [5.41, 5.74) is 8.22. The summed E-state index contributed by atoms with van der Waals surface area (Å²) in [4.78, 5) is 6.88. The van der Waals surface area contributed by atoms with Gasteiger partial charge in [0, 0.05) is 29.5 Å². The Bertz CT molecular complexity index is 748. The average molecular weight is 317 g/mol. The van der Waals surface area contributed by atoms with Crippen molar-refractivity contribution < 1.29 is 4.74 Å². The van der Waals surface area contributed by atoms with Gasteiger partial charge in [0.15, 0.2) is 0 Å². The lowest BCUT2D eigenvalue weighted by molar-refractivity contribution is 0.122. The van der Waals surface area contributed by atoms with E-state index in [0.717, 1.165) is 35.4 Å². The summed E-state index contributed by atoms with van der Waals surface area (Å²) in [6.45, 7) is 4.76. The largest absolute Gasteiger partial charge is 0.378 e. The molecule has 2 N–H and O–H groups in total. The molecule has 2 aromatic rings. The number of aromatic nitrogens is 1. The summed E-state index contributed by atoms with van der Waals surface area (Å²) in [5.74, 6) is 0.788. The summed E-state index contributed by atoms with van der Waals surface area (Å²) < 4.78 is 5.37. The van der Waals surface area contributed by atoms with E-state index >= 15 is 0 Å². The number of morpholine rings is 1. The molecule has 114 valence electrons. The normalized spacial score (nSPS) is 16.5. The maximum Gasteiger partial charge on any atom is 0.130 e. The van der Waals surface area contributed by atoms with Crippen molar-refractivity contribution in [3.05, 3.63) is 34.3 Å². The summed E-state index contributed by atoms with van der Waals surface area (Å²) in [6.07, 6.45) is 0. The molecule has 0 spiro atoms. The summed E-state index contributed by atoms with van der Waals surface area (Å²) in [5, 5.41) is 10.8. The van der Waals surface area contributed by atoms with Crippen LogP contribution in [0.15, 0.2) is 18.2 Å². The number of hydrogen-bond donors (Lipinski definition) is 1. The standard InChI is InChI=1S/C16H17ClN4O/c1-10(19)13-7-12(17)8-14-11(9-18)6-15(20-16(13)14)21-2-4-22-5-3-21/h6-8,10H,2-5,19H2,1H3. The maximum atomic E-state index is 9.48. The molecule has 0 aliphatic carbocycles.